The standard InChI is InChI=1S/C26H36N6O6S/c1-16(17-7-9-20(10-8-17)39-38-37-28)32-19-12-22(24(32)34)30(14-19)15-21(29-25(35)36-26(2,3)4)23(33)31-11-5-6-18(31)13-27/h7-10,16,18-19,21-22H,5-6,11-12,14-15,28H2,1-4H3,(H,29,35)/t16-,18-,19-,21-,22-/m0/s1. The quantitative estimate of drug-likeness (QED) is 0.261. The Labute approximate surface area is 232 Å². The van der Waals surface area contributed by atoms with Gasteiger partial charge >= 0.3 is 6.09 Å². The molecule has 1 aromatic carbocycles. The van der Waals surface area contributed by atoms with Gasteiger partial charge in [-0.15, -0.1) is 9.32 Å². The van der Waals surface area contributed by atoms with Crippen molar-refractivity contribution in [2.75, 3.05) is 19.6 Å². The van der Waals surface area contributed by atoms with Crippen molar-refractivity contribution in [3.8, 4) is 6.07 Å². The van der Waals surface area contributed by atoms with Gasteiger partial charge in [0.2, 0.25) is 11.8 Å². The van der Waals surface area contributed by atoms with Gasteiger partial charge in [-0.3, -0.25) is 14.5 Å². The fourth-order valence-corrected chi connectivity index (χ4v) is 6.02. The van der Waals surface area contributed by atoms with E-state index in [1.807, 2.05) is 41.0 Å². The molecular formula is C26H36N6O6S. The molecule has 3 aliphatic rings. The first-order valence-corrected chi connectivity index (χ1v) is 13.8. The summed E-state index contributed by atoms with van der Waals surface area (Å²) in [6, 6.07) is 7.79. The largest absolute Gasteiger partial charge is 0.444 e. The smallest absolute Gasteiger partial charge is 0.408 e. The van der Waals surface area contributed by atoms with E-state index in [1.54, 1.807) is 20.8 Å². The van der Waals surface area contributed by atoms with Crippen molar-refractivity contribution >= 4 is 30.0 Å². The van der Waals surface area contributed by atoms with Crippen molar-refractivity contribution in [1.29, 1.82) is 5.26 Å². The van der Waals surface area contributed by atoms with E-state index in [2.05, 4.69) is 20.7 Å². The van der Waals surface area contributed by atoms with E-state index in [0.29, 0.717) is 25.9 Å². The molecule has 3 amide bonds. The van der Waals surface area contributed by atoms with Crippen LogP contribution in [0.25, 0.3) is 0 Å². The highest BCUT2D eigenvalue weighted by Gasteiger charge is 2.52. The van der Waals surface area contributed by atoms with Gasteiger partial charge in [-0.25, -0.2) is 4.79 Å². The first-order valence-electron chi connectivity index (χ1n) is 13.1. The van der Waals surface area contributed by atoms with Crippen molar-refractivity contribution in [2.24, 2.45) is 5.90 Å². The molecule has 13 heteroatoms. The minimum absolute atomic E-state index is 0.00314. The predicted octanol–water partition coefficient (Wildman–Crippen LogP) is 2.27. The number of ether oxygens (including phenoxy) is 1. The molecule has 0 aromatic heterocycles. The molecule has 3 aliphatic heterocycles. The van der Waals surface area contributed by atoms with E-state index < -0.39 is 23.8 Å². The van der Waals surface area contributed by atoms with Crippen LogP contribution in [0, 0.1) is 11.3 Å². The van der Waals surface area contributed by atoms with E-state index in [-0.39, 0.29) is 36.5 Å². The summed E-state index contributed by atoms with van der Waals surface area (Å²) in [7, 11) is 0. The number of carbonyl (C=O) groups excluding carboxylic acids is 3. The molecule has 3 N–H and O–H groups in total. The third-order valence-corrected chi connectivity index (χ3v) is 7.97. The number of rotatable bonds is 9. The zero-order valence-electron chi connectivity index (χ0n) is 22.7. The van der Waals surface area contributed by atoms with Crippen molar-refractivity contribution in [1.82, 2.24) is 20.0 Å². The first-order chi connectivity index (χ1) is 18.5. The number of nitrogens with one attached hydrogen (secondary N) is 1. The van der Waals surface area contributed by atoms with Crippen molar-refractivity contribution < 1.29 is 28.4 Å². The predicted molar refractivity (Wildman–Crippen MR) is 141 cm³/mol. The molecule has 3 fully saturated rings. The Morgan fingerprint density at radius 3 is 2.62 bits per heavy atom. The van der Waals surface area contributed by atoms with Crippen LogP contribution >= 0.6 is 12.0 Å². The summed E-state index contributed by atoms with van der Waals surface area (Å²) in [6.45, 7) is 8.45. The van der Waals surface area contributed by atoms with Gasteiger partial charge in [-0.1, -0.05) is 12.1 Å². The molecule has 0 radical (unpaired) electrons. The highest BCUT2D eigenvalue weighted by Crippen LogP contribution is 2.38. The van der Waals surface area contributed by atoms with Gasteiger partial charge in [0.25, 0.3) is 0 Å². The number of alkyl carbamates (subject to hydrolysis) is 1. The Bertz CT molecular complexity index is 1110. The summed E-state index contributed by atoms with van der Waals surface area (Å²) in [5.41, 5.74) is 0.249. The molecule has 3 heterocycles. The number of hydrogen-bond donors (Lipinski definition) is 2. The van der Waals surface area contributed by atoms with Crippen LogP contribution in [0.2, 0.25) is 0 Å². The zero-order chi connectivity index (χ0) is 28.3. The fraction of sp³-hybridized carbons (Fsp3) is 0.615. The second-order valence-corrected chi connectivity index (χ2v) is 11.9. The maximum Gasteiger partial charge on any atom is 0.408 e. The minimum Gasteiger partial charge on any atom is -0.444 e. The number of hydrogen-bond acceptors (Lipinski definition) is 10. The molecule has 212 valence electrons. The monoisotopic (exact) mass is 560 g/mol. The van der Waals surface area contributed by atoms with E-state index in [0.717, 1.165) is 28.9 Å². The van der Waals surface area contributed by atoms with Gasteiger partial charge < -0.3 is 19.9 Å². The van der Waals surface area contributed by atoms with Crippen LogP contribution < -0.4 is 11.2 Å². The lowest BCUT2D eigenvalue weighted by Gasteiger charge is -2.39. The van der Waals surface area contributed by atoms with Crippen molar-refractivity contribution in [3.05, 3.63) is 29.8 Å². The molecule has 0 saturated carbocycles. The highest BCUT2D eigenvalue weighted by atomic mass is 32.2. The maximum absolute atomic E-state index is 13.5. The van der Waals surface area contributed by atoms with Gasteiger partial charge in [0, 0.05) is 30.6 Å². The molecule has 39 heavy (non-hydrogen) atoms. The molecule has 1 aromatic rings. The third kappa shape index (κ3) is 6.64. The van der Waals surface area contributed by atoms with Gasteiger partial charge in [-0.05, 0) is 64.7 Å². The molecule has 5 atom stereocenters. The summed E-state index contributed by atoms with van der Waals surface area (Å²) in [5.74, 6) is 4.56. The van der Waals surface area contributed by atoms with Crippen LogP contribution in [0.4, 0.5) is 4.79 Å². The molecule has 3 saturated heterocycles. The lowest BCUT2D eigenvalue weighted by atomic mass is 10.1. The lowest BCUT2D eigenvalue weighted by molar-refractivity contribution is -0.195. The number of nitrogens with two attached hydrogens (primary N) is 1. The van der Waals surface area contributed by atoms with E-state index in [9.17, 15) is 19.6 Å². The fourth-order valence-electron chi connectivity index (χ4n) is 5.65. The average molecular weight is 561 g/mol. The SMILES string of the molecule is C[C@@H](c1ccc(SOON)cc1)N1C(=O)[C@@H]2C[C@H]1CN2C[C@H](NC(=O)OC(C)(C)C)C(=O)N1CCC[C@H]1C#N. The average Bonchev–Trinajstić information content (AvgIpc) is 3.60. The molecule has 0 unspecified atom stereocenters. The Morgan fingerprint density at radius 2 is 2.00 bits per heavy atom. The van der Waals surface area contributed by atoms with E-state index in [4.69, 9.17) is 10.6 Å². The number of likely N-dealkylation sites (tertiary alicyclic amines) is 3. The number of nitriles is 1. The molecule has 0 aliphatic carbocycles. The topological polar surface area (TPSA) is 150 Å². The number of amides is 3. The van der Waals surface area contributed by atoms with Crippen LogP contribution in [-0.2, 0) is 23.6 Å². The number of nitrogens with zero attached hydrogens (tertiary/aromatic N) is 4. The van der Waals surface area contributed by atoms with Gasteiger partial charge in [0.15, 0.2) is 0 Å². The second-order valence-electron chi connectivity index (χ2n) is 11.1. The Morgan fingerprint density at radius 1 is 1.28 bits per heavy atom. The van der Waals surface area contributed by atoms with Crippen LogP contribution in [0.5, 0.6) is 0 Å². The summed E-state index contributed by atoms with van der Waals surface area (Å²) < 4.78 is 10.1. The van der Waals surface area contributed by atoms with Gasteiger partial charge in [0.05, 0.1) is 30.2 Å². The third-order valence-electron chi connectivity index (χ3n) is 7.35. The minimum atomic E-state index is -0.934. The zero-order valence-corrected chi connectivity index (χ0v) is 23.5. The summed E-state index contributed by atoms with van der Waals surface area (Å²) in [4.78, 5) is 50.0. The summed E-state index contributed by atoms with van der Waals surface area (Å²) in [6.07, 6.45) is 1.28. The number of benzene rings is 1. The van der Waals surface area contributed by atoms with Crippen molar-refractivity contribution in [2.45, 2.75) is 87.7 Å². The molecule has 2 bridgehead atoms. The van der Waals surface area contributed by atoms with Crippen LogP contribution in [-0.4, -0.2) is 82.0 Å². The molecule has 12 nitrogen and oxygen atoms in total. The van der Waals surface area contributed by atoms with E-state index in [1.165, 1.54) is 4.90 Å². The maximum atomic E-state index is 13.5. The summed E-state index contributed by atoms with van der Waals surface area (Å²) in [5, 5.41) is 12.2. The second kappa shape index (κ2) is 12.1. The lowest BCUT2D eigenvalue weighted by Crippen LogP contribution is -2.59. The number of carbonyl (C=O) groups is 3. The molecule has 0 spiro atoms. The Kier molecular flexibility index (Phi) is 9.03. The Hall–Kier alpha value is -2.89. The Balaban J connectivity index is 1.44. The number of piperazine rings is 1. The van der Waals surface area contributed by atoms with Gasteiger partial charge in [0.1, 0.15) is 17.7 Å². The first kappa shape index (κ1) is 29.1. The van der Waals surface area contributed by atoms with Crippen LogP contribution in [0.3, 0.4) is 0 Å². The van der Waals surface area contributed by atoms with Crippen LogP contribution in [0.15, 0.2) is 29.2 Å². The number of fused-ring (bicyclic) bond motifs is 2. The van der Waals surface area contributed by atoms with E-state index >= 15 is 0 Å². The summed E-state index contributed by atoms with van der Waals surface area (Å²) >= 11 is 0.989. The van der Waals surface area contributed by atoms with Gasteiger partial charge in [-0.2, -0.15) is 11.2 Å². The molecule has 4 rings (SSSR count). The van der Waals surface area contributed by atoms with Crippen molar-refractivity contribution in [3.63, 3.8) is 0 Å². The van der Waals surface area contributed by atoms with Crippen LogP contribution in [0.1, 0.15) is 58.6 Å². The normalized spacial score (nSPS) is 24.5. The molecular weight excluding hydrogens is 524 g/mol. The highest BCUT2D eigenvalue weighted by molar-refractivity contribution is 7.94.